The van der Waals surface area contributed by atoms with Crippen LogP contribution in [0.15, 0.2) is 40.5 Å². The summed E-state index contributed by atoms with van der Waals surface area (Å²) in [7, 11) is 0. The lowest BCUT2D eigenvalue weighted by Gasteiger charge is -2.37. The highest BCUT2D eigenvalue weighted by molar-refractivity contribution is 7.99. The summed E-state index contributed by atoms with van der Waals surface area (Å²) in [4.78, 5) is 20.8. The van der Waals surface area contributed by atoms with Gasteiger partial charge in [0.1, 0.15) is 22.2 Å². The fourth-order valence-corrected chi connectivity index (χ4v) is 4.01. The molecule has 1 aliphatic rings. The molecule has 140 valence electrons. The third kappa shape index (κ3) is 3.92. The predicted molar refractivity (Wildman–Crippen MR) is 109 cm³/mol. The van der Waals surface area contributed by atoms with Crippen LogP contribution in [0.25, 0.3) is 11.2 Å². The number of pyridine rings is 2. The van der Waals surface area contributed by atoms with Gasteiger partial charge in [-0.15, -0.1) is 0 Å². The van der Waals surface area contributed by atoms with E-state index < -0.39 is 0 Å². The Morgan fingerprint density at radius 2 is 1.93 bits per heavy atom. The number of hydrogen-bond acceptors (Lipinski definition) is 8. The maximum atomic E-state index is 6.21. The number of halogens is 1. The van der Waals surface area contributed by atoms with Crippen LogP contribution in [-0.2, 0) is 0 Å². The number of anilines is 2. The van der Waals surface area contributed by atoms with Gasteiger partial charge < -0.3 is 16.4 Å². The van der Waals surface area contributed by atoms with E-state index >= 15 is 0 Å². The Balaban J connectivity index is 1.56. The maximum absolute atomic E-state index is 6.21. The van der Waals surface area contributed by atoms with Gasteiger partial charge in [-0.3, -0.25) is 0 Å². The van der Waals surface area contributed by atoms with Crippen LogP contribution in [0.1, 0.15) is 19.8 Å². The highest BCUT2D eigenvalue weighted by Crippen LogP contribution is 2.34. The molecule has 1 fully saturated rings. The highest BCUT2D eigenvalue weighted by atomic mass is 35.5. The summed E-state index contributed by atoms with van der Waals surface area (Å²) in [6.45, 7) is 3.87. The van der Waals surface area contributed by atoms with Crippen molar-refractivity contribution in [1.29, 1.82) is 0 Å². The second kappa shape index (κ2) is 7.10. The third-order valence-corrected chi connectivity index (χ3v) is 6.20. The van der Waals surface area contributed by atoms with Gasteiger partial charge in [0, 0.05) is 29.7 Å². The van der Waals surface area contributed by atoms with Gasteiger partial charge in [-0.2, -0.15) is 0 Å². The molecule has 0 spiro atoms. The van der Waals surface area contributed by atoms with Gasteiger partial charge in [0.05, 0.1) is 11.2 Å². The molecule has 3 aromatic rings. The molecule has 1 aliphatic heterocycles. The Kier molecular flexibility index (Phi) is 4.79. The fraction of sp³-hybridized carbons (Fsp3) is 0.333. The minimum atomic E-state index is -0.0912. The minimum Gasteiger partial charge on any atom is -0.382 e. The van der Waals surface area contributed by atoms with Crippen molar-refractivity contribution in [2.45, 2.75) is 35.2 Å². The summed E-state index contributed by atoms with van der Waals surface area (Å²) in [6.07, 6.45) is 5.29. The lowest BCUT2D eigenvalue weighted by molar-refractivity contribution is 0.363. The lowest BCUT2D eigenvalue weighted by atomic mass is 9.91. The molecule has 0 unspecified atom stereocenters. The van der Waals surface area contributed by atoms with Gasteiger partial charge in [0.15, 0.2) is 5.65 Å². The Morgan fingerprint density at radius 3 is 2.70 bits per heavy atom. The SMILES string of the molecule is CC1(N)CCN(c2cnc3nc(Sc4ccnc(N)c4Cl)ccc3n2)CC1. The average molecular weight is 402 g/mol. The van der Waals surface area contributed by atoms with Crippen LogP contribution >= 0.6 is 23.4 Å². The number of rotatable bonds is 3. The van der Waals surface area contributed by atoms with E-state index in [-0.39, 0.29) is 5.54 Å². The summed E-state index contributed by atoms with van der Waals surface area (Å²) in [5.41, 5.74) is 13.2. The standard InChI is InChI=1S/C18H20ClN7S/c1-18(21)5-8-26(9-6-18)13-10-23-17-11(24-13)2-3-14(25-17)27-12-4-7-22-16(20)15(12)19/h2-4,7,10H,5-6,8-9,21H2,1H3,(H2,20,22). The van der Waals surface area contributed by atoms with Gasteiger partial charge in [-0.05, 0) is 38.0 Å². The van der Waals surface area contributed by atoms with Crippen molar-refractivity contribution in [2.75, 3.05) is 23.7 Å². The maximum Gasteiger partial charge on any atom is 0.179 e. The van der Waals surface area contributed by atoms with Gasteiger partial charge in [0.25, 0.3) is 0 Å². The van der Waals surface area contributed by atoms with E-state index in [1.54, 1.807) is 12.4 Å². The second-order valence-corrected chi connectivity index (χ2v) is 8.41. The predicted octanol–water partition coefficient (Wildman–Crippen LogP) is 3.12. The summed E-state index contributed by atoms with van der Waals surface area (Å²) in [5, 5.41) is 1.21. The zero-order valence-electron chi connectivity index (χ0n) is 14.9. The first-order valence-electron chi connectivity index (χ1n) is 8.67. The summed E-state index contributed by atoms with van der Waals surface area (Å²) in [6, 6.07) is 5.65. The zero-order valence-corrected chi connectivity index (χ0v) is 16.5. The number of hydrogen-bond donors (Lipinski definition) is 2. The molecule has 7 nitrogen and oxygen atoms in total. The van der Waals surface area contributed by atoms with Crippen molar-refractivity contribution in [2.24, 2.45) is 5.73 Å². The van der Waals surface area contributed by atoms with E-state index in [4.69, 9.17) is 28.1 Å². The van der Waals surface area contributed by atoms with Gasteiger partial charge >= 0.3 is 0 Å². The molecule has 0 radical (unpaired) electrons. The minimum absolute atomic E-state index is 0.0912. The first-order chi connectivity index (χ1) is 12.9. The highest BCUT2D eigenvalue weighted by Gasteiger charge is 2.26. The number of piperidine rings is 1. The lowest BCUT2D eigenvalue weighted by Crippen LogP contribution is -2.48. The number of fused-ring (bicyclic) bond motifs is 1. The first-order valence-corrected chi connectivity index (χ1v) is 9.86. The molecule has 3 aromatic heterocycles. The van der Waals surface area contributed by atoms with Crippen LogP contribution in [0.4, 0.5) is 11.6 Å². The molecule has 0 saturated carbocycles. The van der Waals surface area contributed by atoms with Crippen LogP contribution < -0.4 is 16.4 Å². The second-order valence-electron chi connectivity index (χ2n) is 6.97. The topological polar surface area (TPSA) is 107 Å². The van der Waals surface area contributed by atoms with Crippen LogP contribution in [0, 0.1) is 0 Å². The van der Waals surface area contributed by atoms with E-state index in [0.717, 1.165) is 47.2 Å². The van der Waals surface area contributed by atoms with Crippen molar-refractivity contribution < 1.29 is 0 Å². The van der Waals surface area contributed by atoms with Crippen molar-refractivity contribution in [1.82, 2.24) is 19.9 Å². The van der Waals surface area contributed by atoms with E-state index in [9.17, 15) is 0 Å². The molecule has 27 heavy (non-hydrogen) atoms. The van der Waals surface area contributed by atoms with Crippen molar-refractivity contribution in [3.8, 4) is 0 Å². The van der Waals surface area contributed by atoms with Crippen molar-refractivity contribution >= 4 is 46.2 Å². The molecule has 0 atom stereocenters. The molecule has 1 saturated heterocycles. The Bertz CT molecular complexity index is 985. The zero-order chi connectivity index (χ0) is 19.0. The van der Waals surface area contributed by atoms with Crippen LogP contribution in [0.3, 0.4) is 0 Å². The number of nitrogens with zero attached hydrogens (tertiary/aromatic N) is 5. The fourth-order valence-electron chi connectivity index (χ4n) is 2.97. The van der Waals surface area contributed by atoms with E-state index in [1.807, 2.05) is 18.2 Å². The molecule has 4 heterocycles. The molecular formula is C18H20ClN7S. The van der Waals surface area contributed by atoms with Crippen LogP contribution in [0.2, 0.25) is 5.02 Å². The molecule has 0 amide bonds. The normalized spacial score (nSPS) is 16.6. The molecule has 9 heteroatoms. The monoisotopic (exact) mass is 401 g/mol. The molecule has 0 aliphatic carbocycles. The molecule has 4 N–H and O–H groups in total. The smallest absolute Gasteiger partial charge is 0.179 e. The number of nitrogens with two attached hydrogens (primary N) is 2. The van der Waals surface area contributed by atoms with Crippen molar-refractivity contribution in [3.05, 3.63) is 35.6 Å². The van der Waals surface area contributed by atoms with E-state index in [0.29, 0.717) is 16.5 Å². The van der Waals surface area contributed by atoms with Gasteiger partial charge in [0.2, 0.25) is 0 Å². The first kappa shape index (κ1) is 18.2. The summed E-state index contributed by atoms with van der Waals surface area (Å²) in [5.74, 6) is 1.17. The number of aromatic nitrogens is 4. The van der Waals surface area contributed by atoms with Crippen molar-refractivity contribution in [3.63, 3.8) is 0 Å². The van der Waals surface area contributed by atoms with Gasteiger partial charge in [-0.1, -0.05) is 23.4 Å². The Hall–Kier alpha value is -2.16. The summed E-state index contributed by atoms with van der Waals surface area (Å²) < 4.78 is 0. The molecule has 0 aromatic carbocycles. The molecule has 4 rings (SSSR count). The molecule has 0 bridgehead atoms. The summed E-state index contributed by atoms with van der Waals surface area (Å²) >= 11 is 7.63. The third-order valence-electron chi connectivity index (χ3n) is 4.69. The average Bonchev–Trinajstić information content (AvgIpc) is 2.65. The quantitative estimate of drug-likeness (QED) is 0.689. The Morgan fingerprint density at radius 1 is 1.15 bits per heavy atom. The molecular weight excluding hydrogens is 382 g/mol. The van der Waals surface area contributed by atoms with Gasteiger partial charge in [-0.25, -0.2) is 19.9 Å². The van der Waals surface area contributed by atoms with E-state index in [1.165, 1.54) is 11.8 Å². The van der Waals surface area contributed by atoms with Crippen LogP contribution in [0.5, 0.6) is 0 Å². The Labute approximate surface area is 166 Å². The largest absolute Gasteiger partial charge is 0.382 e. The van der Waals surface area contributed by atoms with E-state index in [2.05, 4.69) is 26.8 Å². The van der Waals surface area contributed by atoms with Crippen LogP contribution in [-0.4, -0.2) is 38.6 Å². The number of nitrogen functional groups attached to an aromatic ring is 1.